The zero-order valence-electron chi connectivity index (χ0n) is 12.4. The number of rotatable bonds is 3. The van der Waals surface area contributed by atoms with E-state index < -0.39 is 0 Å². The Morgan fingerprint density at radius 2 is 2.10 bits per heavy atom. The standard InChI is InChI=1S/C16H25N3O/c1-2-18-9-4-3-7-15(18)14-6-5-8-17-16(14)19-10-12-20-13-11-19/h5-6,8,15H,2-4,7,9-13H2,1H3/t15-/m1/s1. The maximum atomic E-state index is 5.47. The van der Waals surface area contributed by atoms with Gasteiger partial charge in [-0.05, 0) is 32.0 Å². The minimum Gasteiger partial charge on any atom is -0.378 e. The van der Waals surface area contributed by atoms with Crippen molar-refractivity contribution >= 4 is 5.82 Å². The molecule has 2 saturated heterocycles. The Bertz CT molecular complexity index is 431. The van der Waals surface area contributed by atoms with E-state index in [-0.39, 0.29) is 0 Å². The molecule has 4 nitrogen and oxygen atoms in total. The van der Waals surface area contributed by atoms with E-state index in [0.717, 1.165) is 32.8 Å². The molecular formula is C16H25N3O. The summed E-state index contributed by atoms with van der Waals surface area (Å²) in [7, 11) is 0. The summed E-state index contributed by atoms with van der Waals surface area (Å²) in [5.74, 6) is 1.18. The molecule has 3 rings (SSSR count). The SMILES string of the molecule is CCN1CCCC[C@@H]1c1cccnc1N1CCOCC1. The molecule has 0 spiro atoms. The molecule has 0 bridgehead atoms. The predicted molar refractivity (Wildman–Crippen MR) is 81.1 cm³/mol. The number of morpholine rings is 1. The van der Waals surface area contributed by atoms with E-state index in [2.05, 4.69) is 28.9 Å². The summed E-state index contributed by atoms with van der Waals surface area (Å²) < 4.78 is 5.47. The molecule has 0 aromatic carbocycles. The third-order valence-corrected chi connectivity index (χ3v) is 4.51. The predicted octanol–water partition coefficient (Wildman–Crippen LogP) is 2.47. The van der Waals surface area contributed by atoms with Crippen LogP contribution >= 0.6 is 0 Å². The fourth-order valence-corrected chi connectivity index (χ4v) is 3.43. The number of nitrogens with zero attached hydrogens (tertiary/aromatic N) is 3. The van der Waals surface area contributed by atoms with Gasteiger partial charge in [0.05, 0.1) is 13.2 Å². The number of pyridine rings is 1. The van der Waals surface area contributed by atoms with Gasteiger partial charge in [0.1, 0.15) is 5.82 Å². The molecule has 2 aliphatic heterocycles. The van der Waals surface area contributed by atoms with Crippen molar-refractivity contribution in [3.8, 4) is 0 Å². The van der Waals surface area contributed by atoms with Crippen LogP contribution < -0.4 is 4.90 Å². The van der Waals surface area contributed by atoms with E-state index in [1.54, 1.807) is 0 Å². The molecule has 1 atom stereocenters. The van der Waals surface area contributed by atoms with Crippen LogP contribution in [0.5, 0.6) is 0 Å². The highest BCUT2D eigenvalue weighted by molar-refractivity contribution is 5.49. The van der Waals surface area contributed by atoms with E-state index in [9.17, 15) is 0 Å². The number of ether oxygens (including phenoxy) is 1. The zero-order valence-corrected chi connectivity index (χ0v) is 12.4. The van der Waals surface area contributed by atoms with Gasteiger partial charge in [-0.15, -0.1) is 0 Å². The highest BCUT2D eigenvalue weighted by atomic mass is 16.5. The summed E-state index contributed by atoms with van der Waals surface area (Å²) in [6, 6.07) is 4.90. The van der Waals surface area contributed by atoms with Crippen molar-refractivity contribution < 1.29 is 4.74 Å². The number of anilines is 1. The Kier molecular flexibility index (Phi) is 4.53. The summed E-state index contributed by atoms with van der Waals surface area (Å²) in [5, 5.41) is 0. The lowest BCUT2D eigenvalue weighted by Gasteiger charge is -2.38. The molecule has 2 fully saturated rings. The van der Waals surface area contributed by atoms with Gasteiger partial charge < -0.3 is 9.64 Å². The summed E-state index contributed by atoms with van der Waals surface area (Å²) in [4.78, 5) is 9.68. The smallest absolute Gasteiger partial charge is 0.133 e. The number of hydrogen-bond acceptors (Lipinski definition) is 4. The van der Waals surface area contributed by atoms with Crippen LogP contribution in [0.1, 0.15) is 37.8 Å². The molecule has 2 aliphatic rings. The Labute approximate surface area is 121 Å². The van der Waals surface area contributed by atoms with Crippen molar-refractivity contribution in [2.75, 3.05) is 44.3 Å². The number of likely N-dealkylation sites (tertiary alicyclic amines) is 1. The van der Waals surface area contributed by atoms with Crippen LogP contribution in [0.2, 0.25) is 0 Å². The van der Waals surface area contributed by atoms with E-state index in [1.165, 1.54) is 37.2 Å². The second-order valence-electron chi connectivity index (χ2n) is 5.66. The second kappa shape index (κ2) is 6.55. The number of piperidine rings is 1. The van der Waals surface area contributed by atoms with Crippen molar-refractivity contribution in [3.63, 3.8) is 0 Å². The Morgan fingerprint density at radius 3 is 2.90 bits per heavy atom. The Hall–Kier alpha value is -1.13. The monoisotopic (exact) mass is 275 g/mol. The summed E-state index contributed by atoms with van der Waals surface area (Å²) in [5.41, 5.74) is 1.41. The summed E-state index contributed by atoms with van der Waals surface area (Å²) in [6.45, 7) is 8.17. The van der Waals surface area contributed by atoms with E-state index in [0.29, 0.717) is 6.04 Å². The highest BCUT2D eigenvalue weighted by Gasteiger charge is 2.27. The minimum absolute atomic E-state index is 0.542. The van der Waals surface area contributed by atoms with E-state index >= 15 is 0 Å². The summed E-state index contributed by atoms with van der Waals surface area (Å²) >= 11 is 0. The first-order valence-electron chi connectivity index (χ1n) is 7.92. The normalized spacial score (nSPS) is 24.9. The number of hydrogen-bond donors (Lipinski definition) is 0. The van der Waals surface area contributed by atoms with E-state index in [1.807, 2.05) is 6.20 Å². The fourth-order valence-electron chi connectivity index (χ4n) is 3.43. The molecule has 0 aliphatic carbocycles. The molecule has 0 saturated carbocycles. The van der Waals surface area contributed by atoms with Crippen LogP contribution in [0.4, 0.5) is 5.82 Å². The topological polar surface area (TPSA) is 28.6 Å². The first-order valence-corrected chi connectivity index (χ1v) is 7.92. The summed E-state index contributed by atoms with van der Waals surface area (Å²) in [6.07, 6.45) is 5.85. The molecule has 1 aromatic rings. The van der Waals surface area contributed by atoms with Crippen molar-refractivity contribution in [2.24, 2.45) is 0 Å². The quantitative estimate of drug-likeness (QED) is 0.847. The molecule has 4 heteroatoms. The zero-order chi connectivity index (χ0) is 13.8. The third kappa shape index (κ3) is 2.81. The van der Waals surface area contributed by atoms with E-state index in [4.69, 9.17) is 9.72 Å². The first kappa shape index (κ1) is 13.8. The molecule has 0 N–H and O–H groups in total. The van der Waals surface area contributed by atoms with Crippen LogP contribution in [0.15, 0.2) is 18.3 Å². The van der Waals surface area contributed by atoms with Gasteiger partial charge >= 0.3 is 0 Å². The van der Waals surface area contributed by atoms with Crippen LogP contribution in [0.25, 0.3) is 0 Å². The molecule has 0 unspecified atom stereocenters. The lowest BCUT2D eigenvalue weighted by molar-refractivity contribution is 0.121. The van der Waals surface area contributed by atoms with Crippen molar-refractivity contribution in [1.82, 2.24) is 9.88 Å². The minimum atomic E-state index is 0.542. The second-order valence-corrected chi connectivity index (χ2v) is 5.66. The molecule has 0 amide bonds. The highest BCUT2D eigenvalue weighted by Crippen LogP contribution is 2.35. The van der Waals surface area contributed by atoms with Gasteiger partial charge in [0.15, 0.2) is 0 Å². The fraction of sp³-hybridized carbons (Fsp3) is 0.688. The van der Waals surface area contributed by atoms with Gasteiger partial charge in [0, 0.05) is 30.9 Å². The van der Waals surface area contributed by atoms with Gasteiger partial charge in [0.25, 0.3) is 0 Å². The van der Waals surface area contributed by atoms with Crippen molar-refractivity contribution in [3.05, 3.63) is 23.9 Å². The average Bonchev–Trinajstić information content (AvgIpc) is 2.55. The molecule has 110 valence electrons. The molecule has 0 radical (unpaired) electrons. The van der Waals surface area contributed by atoms with Crippen LogP contribution in [-0.4, -0.2) is 49.3 Å². The maximum Gasteiger partial charge on any atom is 0.133 e. The van der Waals surface area contributed by atoms with Gasteiger partial charge in [-0.1, -0.05) is 19.4 Å². The lowest BCUT2D eigenvalue weighted by atomic mass is 9.95. The largest absolute Gasteiger partial charge is 0.378 e. The molecular weight excluding hydrogens is 250 g/mol. The lowest BCUT2D eigenvalue weighted by Crippen LogP contribution is -2.39. The van der Waals surface area contributed by atoms with Crippen molar-refractivity contribution in [2.45, 2.75) is 32.2 Å². The molecule has 1 aromatic heterocycles. The average molecular weight is 275 g/mol. The van der Waals surface area contributed by atoms with Gasteiger partial charge in [-0.3, -0.25) is 4.90 Å². The molecule has 20 heavy (non-hydrogen) atoms. The third-order valence-electron chi connectivity index (χ3n) is 4.51. The Morgan fingerprint density at radius 1 is 1.25 bits per heavy atom. The van der Waals surface area contributed by atoms with Crippen LogP contribution in [0.3, 0.4) is 0 Å². The van der Waals surface area contributed by atoms with Gasteiger partial charge in [-0.2, -0.15) is 0 Å². The van der Waals surface area contributed by atoms with Crippen molar-refractivity contribution in [1.29, 1.82) is 0 Å². The Balaban J connectivity index is 1.87. The van der Waals surface area contributed by atoms with Crippen LogP contribution in [-0.2, 0) is 4.74 Å². The molecule has 3 heterocycles. The van der Waals surface area contributed by atoms with Crippen LogP contribution in [0, 0.1) is 0 Å². The first-order chi connectivity index (χ1) is 9.90. The van der Waals surface area contributed by atoms with Gasteiger partial charge in [-0.25, -0.2) is 4.98 Å². The van der Waals surface area contributed by atoms with Gasteiger partial charge in [0.2, 0.25) is 0 Å². The maximum absolute atomic E-state index is 5.47. The number of aromatic nitrogens is 1.